The minimum absolute atomic E-state index is 0.0771. The molecule has 8 heteroatoms. The van der Waals surface area contributed by atoms with Crippen LogP contribution < -0.4 is 4.72 Å². The molecule has 1 aromatic rings. The normalized spacial score (nSPS) is 29.4. The molecule has 1 aromatic carbocycles. The Morgan fingerprint density at radius 2 is 1.90 bits per heavy atom. The van der Waals surface area contributed by atoms with E-state index in [0.29, 0.717) is 12.3 Å². The number of amides is 1. The van der Waals surface area contributed by atoms with Gasteiger partial charge in [-0.05, 0) is 43.6 Å². The zero-order chi connectivity index (χ0) is 21.7. The smallest absolute Gasteiger partial charge is 0.410 e. The lowest BCUT2D eigenvalue weighted by atomic mass is 9.83. The number of terminal acetylenes is 1. The maximum atomic E-state index is 12.3. The topological polar surface area (TPSA) is 84.9 Å². The summed E-state index contributed by atoms with van der Waals surface area (Å²) in [5, 5.41) is 0. The molecule has 3 rings (SSSR count). The SMILES string of the molecule is C#CC1C[C@H](NS(C)(=O)=O)[C@H](COC2CCC(c3ccccc3)CC2)N1C(=O)OC. The van der Waals surface area contributed by atoms with E-state index in [4.69, 9.17) is 15.9 Å². The van der Waals surface area contributed by atoms with Crippen LogP contribution in [0.5, 0.6) is 0 Å². The van der Waals surface area contributed by atoms with Crippen molar-refractivity contribution in [2.75, 3.05) is 20.0 Å². The molecule has 2 aliphatic rings. The van der Waals surface area contributed by atoms with Crippen LogP contribution in [0.2, 0.25) is 0 Å². The predicted molar refractivity (Wildman–Crippen MR) is 114 cm³/mol. The number of rotatable bonds is 6. The van der Waals surface area contributed by atoms with Gasteiger partial charge in [-0.15, -0.1) is 6.42 Å². The number of likely N-dealkylation sites (tertiary alicyclic amines) is 1. The van der Waals surface area contributed by atoms with Gasteiger partial charge >= 0.3 is 6.09 Å². The van der Waals surface area contributed by atoms with Gasteiger partial charge in [0, 0.05) is 6.04 Å². The molecule has 0 bridgehead atoms. The minimum atomic E-state index is -3.46. The van der Waals surface area contributed by atoms with E-state index in [1.807, 2.05) is 6.07 Å². The van der Waals surface area contributed by atoms with Gasteiger partial charge in [0.15, 0.2) is 0 Å². The molecule has 0 aromatic heterocycles. The molecule has 0 radical (unpaired) electrons. The highest BCUT2D eigenvalue weighted by Crippen LogP contribution is 2.34. The quantitative estimate of drug-likeness (QED) is 0.696. The van der Waals surface area contributed by atoms with Gasteiger partial charge in [0.05, 0.1) is 38.2 Å². The molecular formula is C22H30N2O5S. The second kappa shape index (κ2) is 9.82. The fourth-order valence-electron chi connectivity index (χ4n) is 4.57. The summed E-state index contributed by atoms with van der Waals surface area (Å²) in [6.45, 7) is 0.209. The number of ether oxygens (including phenoxy) is 2. The third kappa shape index (κ3) is 5.54. The summed E-state index contributed by atoms with van der Waals surface area (Å²) in [5.74, 6) is 3.11. The van der Waals surface area contributed by atoms with Gasteiger partial charge in [-0.1, -0.05) is 36.3 Å². The summed E-state index contributed by atoms with van der Waals surface area (Å²) in [6, 6.07) is 8.92. The number of methoxy groups -OCH3 is 1. The fraction of sp³-hybridized carbons (Fsp3) is 0.591. The van der Waals surface area contributed by atoms with Crippen molar-refractivity contribution in [3.05, 3.63) is 35.9 Å². The second-order valence-electron chi connectivity index (χ2n) is 8.08. The van der Waals surface area contributed by atoms with Crippen molar-refractivity contribution in [2.45, 2.75) is 62.3 Å². The second-order valence-corrected chi connectivity index (χ2v) is 9.86. The van der Waals surface area contributed by atoms with Crippen LogP contribution in [0.1, 0.15) is 43.6 Å². The molecule has 1 saturated heterocycles. The zero-order valence-electron chi connectivity index (χ0n) is 17.5. The fourth-order valence-corrected chi connectivity index (χ4v) is 5.38. The van der Waals surface area contributed by atoms with Crippen molar-refractivity contribution in [3.8, 4) is 12.3 Å². The van der Waals surface area contributed by atoms with E-state index >= 15 is 0 Å². The van der Waals surface area contributed by atoms with E-state index in [1.54, 1.807) is 0 Å². The number of hydrogen-bond acceptors (Lipinski definition) is 5. The highest BCUT2D eigenvalue weighted by atomic mass is 32.2. The van der Waals surface area contributed by atoms with E-state index in [-0.39, 0.29) is 12.7 Å². The summed E-state index contributed by atoms with van der Waals surface area (Å²) in [5.41, 5.74) is 1.36. The first-order chi connectivity index (χ1) is 14.3. The highest BCUT2D eigenvalue weighted by molar-refractivity contribution is 7.88. The molecule has 1 heterocycles. The molecule has 1 saturated carbocycles. The van der Waals surface area contributed by atoms with E-state index in [1.165, 1.54) is 17.6 Å². The third-order valence-corrected chi connectivity index (χ3v) is 6.76. The van der Waals surface area contributed by atoms with E-state index in [0.717, 1.165) is 31.9 Å². The van der Waals surface area contributed by atoms with Gasteiger partial charge in [0.2, 0.25) is 10.0 Å². The number of nitrogens with one attached hydrogen (secondary N) is 1. The van der Waals surface area contributed by atoms with Crippen molar-refractivity contribution in [1.82, 2.24) is 9.62 Å². The summed E-state index contributed by atoms with van der Waals surface area (Å²) >= 11 is 0. The molecule has 1 aliphatic carbocycles. The minimum Gasteiger partial charge on any atom is -0.453 e. The van der Waals surface area contributed by atoms with E-state index in [9.17, 15) is 13.2 Å². The molecule has 7 nitrogen and oxygen atoms in total. The Bertz CT molecular complexity index is 859. The number of sulfonamides is 1. The summed E-state index contributed by atoms with van der Waals surface area (Å²) in [6.07, 6.45) is 10.5. The van der Waals surface area contributed by atoms with E-state index < -0.39 is 34.2 Å². The Kier molecular flexibility index (Phi) is 7.40. The summed E-state index contributed by atoms with van der Waals surface area (Å²) in [4.78, 5) is 13.8. The lowest BCUT2D eigenvalue weighted by Crippen LogP contribution is -2.50. The molecule has 30 heavy (non-hydrogen) atoms. The van der Waals surface area contributed by atoms with Crippen molar-refractivity contribution < 1.29 is 22.7 Å². The van der Waals surface area contributed by atoms with Gasteiger partial charge in [-0.25, -0.2) is 17.9 Å². The van der Waals surface area contributed by atoms with Crippen molar-refractivity contribution in [2.24, 2.45) is 0 Å². The van der Waals surface area contributed by atoms with Crippen LogP contribution in [0, 0.1) is 12.3 Å². The first-order valence-corrected chi connectivity index (χ1v) is 12.2. The maximum Gasteiger partial charge on any atom is 0.410 e. The van der Waals surface area contributed by atoms with Crippen LogP contribution >= 0.6 is 0 Å². The molecule has 164 valence electrons. The highest BCUT2D eigenvalue weighted by Gasteiger charge is 2.45. The van der Waals surface area contributed by atoms with Crippen LogP contribution in [0.25, 0.3) is 0 Å². The van der Waals surface area contributed by atoms with Gasteiger partial charge in [-0.2, -0.15) is 0 Å². The van der Waals surface area contributed by atoms with Crippen LogP contribution in [0.3, 0.4) is 0 Å². The Labute approximate surface area is 179 Å². The van der Waals surface area contributed by atoms with Crippen molar-refractivity contribution in [3.63, 3.8) is 0 Å². The van der Waals surface area contributed by atoms with Gasteiger partial charge in [-0.3, -0.25) is 4.90 Å². The Morgan fingerprint density at radius 1 is 1.23 bits per heavy atom. The predicted octanol–water partition coefficient (Wildman–Crippen LogP) is 2.49. The first-order valence-electron chi connectivity index (χ1n) is 10.3. The molecule has 1 aliphatic heterocycles. The monoisotopic (exact) mass is 434 g/mol. The Hall–Kier alpha value is -2.08. The number of carbonyl (C=O) groups excluding carboxylic acids is 1. The summed E-state index contributed by atoms with van der Waals surface area (Å²) in [7, 11) is -2.17. The molecule has 2 fully saturated rings. The first kappa shape index (κ1) is 22.6. The largest absolute Gasteiger partial charge is 0.453 e. The molecule has 3 atom stereocenters. The van der Waals surface area contributed by atoms with Crippen LogP contribution in [-0.4, -0.2) is 63.6 Å². The number of carbonyl (C=O) groups is 1. The lowest BCUT2D eigenvalue weighted by Gasteiger charge is -2.33. The molecule has 1 amide bonds. The van der Waals surface area contributed by atoms with Gasteiger partial charge in [0.1, 0.15) is 0 Å². The lowest BCUT2D eigenvalue weighted by molar-refractivity contribution is -0.00730. The summed E-state index contributed by atoms with van der Waals surface area (Å²) < 4.78 is 37.3. The van der Waals surface area contributed by atoms with Crippen molar-refractivity contribution >= 4 is 16.1 Å². The number of benzene rings is 1. The number of hydrogen-bond donors (Lipinski definition) is 1. The molecule has 1 unspecified atom stereocenters. The third-order valence-electron chi connectivity index (χ3n) is 6.03. The van der Waals surface area contributed by atoms with Crippen LogP contribution in [0.4, 0.5) is 4.79 Å². The van der Waals surface area contributed by atoms with E-state index in [2.05, 4.69) is 34.9 Å². The number of nitrogens with zero attached hydrogens (tertiary/aromatic N) is 1. The van der Waals surface area contributed by atoms with Crippen LogP contribution in [0.15, 0.2) is 30.3 Å². The molecular weight excluding hydrogens is 404 g/mol. The Morgan fingerprint density at radius 3 is 2.47 bits per heavy atom. The van der Waals surface area contributed by atoms with Gasteiger partial charge < -0.3 is 9.47 Å². The zero-order valence-corrected chi connectivity index (χ0v) is 18.3. The average Bonchev–Trinajstić information content (AvgIpc) is 3.08. The Balaban J connectivity index is 1.63. The molecule has 1 N–H and O–H groups in total. The maximum absolute atomic E-state index is 12.3. The average molecular weight is 435 g/mol. The van der Waals surface area contributed by atoms with Gasteiger partial charge in [0.25, 0.3) is 0 Å². The van der Waals surface area contributed by atoms with Crippen molar-refractivity contribution in [1.29, 1.82) is 0 Å². The molecule has 0 spiro atoms. The standard InChI is InChI=1S/C22H30N2O5S/c1-4-18-14-20(23-30(3,26)27)21(24(18)22(25)28-2)15-29-19-12-10-17(11-13-19)16-8-6-5-7-9-16/h1,5-9,17-21,23H,10-15H2,2-3H3/t17?,18?,19?,20-,21-/m0/s1. The van der Waals surface area contributed by atoms with Crippen LogP contribution in [-0.2, 0) is 19.5 Å².